The molecule has 70 valence electrons. The van der Waals surface area contributed by atoms with Gasteiger partial charge in [0, 0.05) is 5.69 Å². The molecule has 1 rings (SSSR count). The molecule has 0 heterocycles. The van der Waals surface area contributed by atoms with Gasteiger partial charge in [0.05, 0.1) is 11.6 Å². The van der Waals surface area contributed by atoms with Gasteiger partial charge in [-0.25, -0.2) is 4.39 Å². The molecular formula is C8H8ClFN2O. The summed E-state index contributed by atoms with van der Waals surface area (Å²) in [6.45, 7) is 0.00195. The normalized spacial score (nSPS) is 9.69. The summed E-state index contributed by atoms with van der Waals surface area (Å²) in [6.07, 6.45) is 0. The lowest BCUT2D eigenvalue weighted by molar-refractivity contribution is -0.116. The average molecular weight is 203 g/mol. The number of nitrogens with two attached hydrogens (primary N) is 1. The van der Waals surface area contributed by atoms with Gasteiger partial charge in [0.15, 0.2) is 0 Å². The number of hydrogen-bond donors (Lipinski definition) is 2. The van der Waals surface area contributed by atoms with Crippen molar-refractivity contribution in [3.8, 4) is 0 Å². The van der Waals surface area contributed by atoms with Crippen LogP contribution in [0.2, 0.25) is 5.02 Å². The summed E-state index contributed by atoms with van der Waals surface area (Å²) in [6, 6.07) is 4.08. The second-order valence-corrected chi connectivity index (χ2v) is 2.86. The van der Waals surface area contributed by atoms with Gasteiger partial charge in [-0.1, -0.05) is 11.6 Å². The van der Waals surface area contributed by atoms with E-state index in [1.165, 1.54) is 18.2 Å². The molecule has 0 aliphatic carbocycles. The number of halogens is 2. The SMILES string of the molecule is NC(=O)CNc1ccc(F)c(Cl)c1. The molecule has 0 spiro atoms. The Balaban J connectivity index is 2.68. The van der Waals surface area contributed by atoms with Crippen LogP contribution < -0.4 is 11.1 Å². The van der Waals surface area contributed by atoms with E-state index < -0.39 is 11.7 Å². The molecule has 0 radical (unpaired) electrons. The van der Waals surface area contributed by atoms with Crippen LogP contribution in [0.3, 0.4) is 0 Å². The van der Waals surface area contributed by atoms with Crippen molar-refractivity contribution >= 4 is 23.2 Å². The molecule has 0 aliphatic rings. The highest BCUT2D eigenvalue weighted by Gasteiger charge is 2.00. The predicted molar refractivity (Wildman–Crippen MR) is 49.1 cm³/mol. The lowest BCUT2D eigenvalue weighted by Crippen LogP contribution is -2.21. The maximum absolute atomic E-state index is 12.6. The van der Waals surface area contributed by atoms with E-state index in [0.29, 0.717) is 5.69 Å². The highest BCUT2D eigenvalue weighted by Crippen LogP contribution is 2.18. The topological polar surface area (TPSA) is 55.1 Å². The maximum atomic E-state index is 12.6. The summed E-state index contributed by atoms with van der Waals surface area (Å²) in [5, 5.41) is 2.70. The Hall–Kier alpha value is -1.29. The summed E-state index contributed by atoms with van der Waals surface area (Å²) in [5.41, 5.74) is 5.46. The molecule has 13 heavy (non-hydrogen) atoms. The van der Waals surface area contributed by atoms with Gasteiger partial charge < -0.3 is 11.1 Å². The van der Waals surface area contributed by atoms with Gasteiger partial charge in [-0.2, -0.15) is 0 Å². The molecular weight excluding hydrogens is 195 g/mol. The van der Waals surface area contributed by atoms with Crippen LogP contribution in [0.5, 0.6) is 0 Å². The van der Waals surface area contributed by atoms with E-state index in [2.05, 4.69) is 5.32 Å². The van der Waals surface area contributed by atoms with E-state index in [9.17, 15) is 9.18 Å². The van der Waals surface area contributed by atoms with Gasteiger partial charge in [-0.3, -0.25) is 4.79 Å². The highest BCUT2D eigenvalue weighted by molar-refractivity contribution is 6.31. The molecule has 0 atom stereocenters. The van der Waals surface area contributed by atoms with Crippen LogP contribution >= 0.6 is 11.6 Å². The van der Waals surface area contributed by atoms with Crippen LogP contribution in [0.1, 0.15) is 0 Å². The minimum Gasteiger partial charge on any atom is -0.376 e. The minimum atomic E-state index is -0.494. The second-order valence-electron chi connectivity index (χ2n) is 2.45. The van der Waals surface area contributed by atoms with E-state index in [1.54, 1.807) is 0 Å². The zero-order chi connectivity index (χ0) is 9.84. The van der Waals surface area contributed by atoms with Crippen molar-refractivity contribution < 1.29 is 9.18 Å². The van der Waals surface area contributed by atoms with Crippen molar-refractivity contribution in [2.24, 2.45) is 5.73 Å². The largest absolute Gasteiger partial charge is 0.376 e. The van der Waals surface area contributed by atoms with Crippen molar-refractivity contribution in [1.82, 2.24) is 0 Å². The third-order valence-electron chi connectivity index (χ3n) is 1.39. The fourth-order valence-corrected chi connectivity index (χ4v) is 0.976. The summed E-state index contributed by atoms with van der Waals surface area (Å²) in [7, 11) is 0. The Bertz CT molecular complexity index is 330. The number of rotatable bonds is 3. The molecule has 1 aromatic carbocycles. The molecule has 0 bridgehead atoms. The number of nitrogens with one attached hydrogen (secondary N) is 1. The fraction of sp³-hybridized carbons (Fsp3) is 0.125. The Morgan fingerprint density at radius 2 is 2.31 bits per heavy atom. The van der Waals surface area contributed by atoms with E-state index in [0.717, 1.165) is 0 Å². The highest BCUT2D eigenvalue weighted by atomic mass is 35.5. The van der Waals surface area contributed by atoms with Crippen molar-refractivity contribution in [2.45, 2.75) is 0 Å². The zero-order valence-electron chi connectivity index (χ0n) is 6.68. The number of benzene rings is 1. The molecule has 0 unspecified atom stereocenters. The standard InChI is InChI=1S/C8H8ClFN2O/c9-6-3-5(1-2-7(6)10)12-4-8(11)13/h1-3,12H,4H2,(H2,11,13). The smallest absolute Gasteiger partial charge is 0.236 e. The zero-order valence-corrected chi connectivity index (χ0v) is 7.44. The first kappa shape index (κ1) is 9.80. The number of carbonyl (C=O) groups excluding carboxylic acids is 1. The van der Waals surface area contributed by atoms with Crippen molar-refractivity contribution in [3.05, 3.63) is 29.0 Å². The van der Waals surface area contributed by atoms with E-state index >= 15 is 0 Å². The first-order valence-electron chi connectivity index (χ1n) is 3.57. The number of primary amides is 1. The molecule has 0 saturated carbocycles. The summed E-state index contributed by atoms with van der Waals surface area (Å²) in [4.78, 5) is 10.4. The Kier molecular flexibility index (Phi) is 3.08. The van der Waals surface area contributed by atoms with Crippen LogP contribution in [0.25, 0.3) is 0 Å². The van der Waals surface area contributed by atoms with Crippen LogP contribution in [0.4, 0.5) is 10.1 Å². The van der Waals surface area contributed by atoms with Crippen molar-refractivity contribution in [3.63, 3.8) is 0 Å². The molecule has 0 aliphatic heterocycles. The van der Waals surface area contributed by atoms with Gasteiger partial charge in [-0.15, -0.1) is 0 Å². The molecule has 1 aromatic rings. The van der Waals surface area contributed by atoms with Crippen LogP contribution in [-0.4, -0.2) is 12.5 Å². The number of anilines is 1. The first-order chi connectivity index (χ1) is 6.09. The number of amides is 1. The van der Waals surface area contributed by atoms with E-state index in [-0.39, 0.29) is 11.6 Å². The van der Waals surface area contributed by atoms with Crippen LogP contribution in [-0.2, 0) is 4.79 Å². The first-order valence-corrected chi connectivity index (χ1v) is 3.94. The van der Waals surface area contributed by atoms with Crippen molar-refractivity contribution in [1.29, 1.82) is 0 Å². The molecule has 3 N–H and O–H groups in total. The maximum Gasteiger partial charge on any atom is 0.236 e. The van der Waals surface area contributed by atoms with Gasteiger partial charge >= 0.3 is 0 Å². The third-order valence-corrected chi connectivity index (χ3v) is 1.68. The fourth-order valence-electron chi connectivity index (χ4n) is 0.795. The summed E-state index contributed by atoms with van der Waals surface area (Å²) in [5.74, 6) is -0.980. The van der Waals surface area contributed by atoms with Gasteiger partial charge in [0.25, 0.3) is 0 Å². The lowest BCUT2D eigenvalue weighted by Gasteiger charge is -2.03. The second kappa shape index (κ2) is 4.09. The van der Waals surface area contributed by atoms with Crippen molar-refractivity contribution in [2.75, 3.05) is 11.9 Å². The Morgan fingerprint density at radius 1 is 1.62 bits per heavy atom. The lowest BCUT2D eigenvalue weighted by atomic mass is 10.3. The van der Waals surface area contributed by atoms with Gasteiger partial charge in [0.2, 0.25) is 5.91 Å². The predicted octanol–water partition coefficient (Wildman–Crippen LogP) is 1.38. The van der Waals surface area contributed by atoms with Gasteiger partial charge in [0.1, 0.15) is 5.82 Å². The molecule has 0 fully saturated rings. The molecule has 0 saturated heterocycles. The quantitative estimate of drug-likeness (QED) is 0.778. The van der Waals surface area contributed by atoms with Crippen LogP contribution in [0, 0.1) is 5.82 Å². The molecule has 5 heteroatoms. The number of hydrogen-bond acceptors (Lipinski definition) is 2. The van der Waals surface area contributed by atoms with Crippen LogP contribution in [0.15, 0.2) is 18.2 Å². The average Bonchev–Trinajstić information content (AvgIpc) is 2.07. The summed E-state index contributed by atoms with van der Waals surface area (Å²) < 4.78 is 12.6. The molecule has 0 aromatic heterocycles. The Morgan fingerprint density at radius 3 is 2.85 bits per heavy atom. The number of carbonyl (C=O) groups is 1. The van der Waals surface area contributed by atoms with Gasteiger partial charge in [-0.05, 0) is 18.2 Å². The van der Waals surface area contributed by atoms with E-state index in [1.807, 2.05) is 0 Å². The third kappa shape index (κ3) is 2.91. The molecule has 1 amide bonds. The molecule has 3 nitrogen and oxygen atoms in total. The minimum absolute atomic E-state index is 0.00195. The monoisotopic (exact) mass is 202 g/mol. The van der Waals surface area contributed by atoms with E-state index in [4.69, 9.17) is 17.3 Å². The summed E-state index contributed by atoms with van der Waals surface area (Å²) >= 11 is 5.50. The Labute approximate surface area is 79.7 Å².